The molecule has 0 saturated carbocycles. The summed E-state index contributed by atoms with van der Waals surface area (Å²) in [4.78, 5) is 12.3. The number of allylic oxidation sites excluding steroid dienone is 1. The molecule has 2 aromatic carbocycles. The van der Waals surface area contributed by atoms with E-state index in [0.29, 0.717) is 17.5 Å². The molecule has 0 unspecified atom stereocenters. The van der Waals surface area contributed by atoms with Gasteiger partial charge in [0, 0.05) is 17.8 Å². The molecule has 0 atom stereocenters. The van der Waals surface area contributed by atoms with Gasteiger partial charge in [-0.25, -0.2) is 0 Å². The molecule has 5 nitrogen and oxygen atoms in total. The molecule has 0 saturated heterocycles. The van der Waals surface area contributed by atoms with Crippen molar-refractivity contribution in [3.8, 4) is 11.4 Å². The van der Waals surface area contributed by atoms with Crippen LogP contribution in [0, 0.1) is 6.92 Å². The Kier molecular flexibility index (Phi) is 7.07. The van der Waals surface area contributed by atoms with Crippen molar-refractivity contribution in [2.75, 3.05) is 11.1 Å². The number of anilines is 1. The van der Waals surface area contributed by atoms with E-state index >= 15 is 0 Å². The average Bonchev–Trinajstić information content (AvgIpc) is 3.10. The number of thioether (sulfide) groups is 1. The molecule has 3 rings (SSSR count). The Hall–Kier alpha value is -2.78. The number of carbonyl (C=O) groups is 1. The summed E-state index contributed by atoms with van der Waals surface area (Å²) in [5.41, 5.74) is 0.954. The molecule has 31 heavy (non-hydrogen) atoms. The van der Waals surface area contributed by atoms with Gasteiger partial charge in [-0.1, -0.05) is 53.2 Å². The lowest BCUT2D eigenvalue weighted by atomic mass is 10.1. The van der Waals surface area contributed by atoms with Gasteiger partial charge >= 0.3 is 6.18 Å². The van der Waals surface area contributed by atoms with Crippen LogP contribution in [-0.2, 0) is 17.5 Å². The summed E-state index contributed by atoms with van der Waals surface area (Å²) in [7, 11) is 0. The number of halogens is 4. The van der Waals surface area contributed by atoms with Crippen LogP contribution in [0.15, 0.2) is 60.3 Å². The van der Waals surface area contributed by atoms with Gasteiger partial charge in [-0.2, -0.15) is 13.2 Å². The number of carbonyl (C=O) groups excluding carboxylic acids is 1. The van der Waals surface area contributed by atoms with Crippen LogP contribution in [-0.4, -0.2) is 26.4 Å². The van der Waals surface area contributed by atoms with E-state index in [-0.39, 0.29) is 11.4 Å². The summed E-state index contributed by atoms with van der Waals surface area (Å²) in [6.07, 6.45) is -2.92. The van der Waals surface area contributed by atoms with Crippen molar-refractivity contribution in [3.05, 3.63) is 71.3 Å². The van der Waals surface area contributed by atoms with Crippen molar-refractivity contribution < 1.29 is 18.0 Å². The minimum absolute atomic E-state index is 0.00957. The van der Waals surface area contributed by atoms with Gasteiger partial charge in [0.05, 0.1) is 16.3 Å². The fourth-order valence-electron chi connectivity index (χ4n) is 2.83. The first-order valence-electron chi connectivity index (χ1n) is 9.09. The van der Waals surface area contributed by atoms with Crippen LogP contribution in [0.1, 0.15) is 11.1 Å². The number of rotatable bonds is 7. The second-order valence-electron chi connectivity index (χ2n) is 6.60. The molecule has 0 radical (unpaired) electrons. The van der Waals surface area contributed by atoms with Gasteiger partial charge in [0.2, 0.25) is 5.91 Å². The van der Waals surface area contributed by atoms with E-state index in [1.807, 2.05) is 35.8 Å². The number of aromatic nitrogens is 3. The number of benzene rings is 2. The molecule has 1 amide bonds. The Morgan fingerprint density at radius 3 is 2.71 bits per heavy atom. The Labute approximate surface area is 186 Å². The second-order valence-corrected chi connectivity index (χ2v) is 7.95. The summed E-state index contributed by atoms with van der Waals surface area (Å²) in [6.45, 7) is 6.16. The van der Waals surface area contributed by atoms with Gasteiger partial charge in [0.15, 0.2) is 11.0 Å². The Balaban J connectivity index is 1.73. The fourth-order valence-corrected chi connectivity index (χ4v) is 3.81. The highest BCUT2D eigenvalue weighted by Gasteiger charge is 2.33. The van der Waals surface area contributed by atoms with Gasteiger partial charge in [0.25, 0.3) is 0 Å². The third-order valence-corrected chi connectivity index (χ3v) is 5.49. The molecule has 0 bridgehead atoms. The van der Waals surface area contributed by atoms with Crippen LogP contribution in [0.25, 0.3) is 11.4 Å². The predicted octanol–water partition coefficient (Wildman–Crippen LogP) is 5.84. The third kappa shape index (κ3) is 5.68. The predicted molar refractivity (Wildman–Crippen MR) is 116 cm³/mol. The molecular weight excluding hydrogens is 449 g/mol. The molecule has 0 fully saturated rings. The van der Waals surface area contributed by atoms with E-state index in [9.17, 15) is 18.0 Å². The van der Waals surface area contributed by atoms with Crippen molar-refractivity contribution in [2.24, 2.45) is 0 Å². The van der Waals surface area contributed by atoms with Crippen LogP contribution in [0.3, 0.4) is 0 Å². The number of aryl methyl sites for hydroxylation is 1. The van der Waals surface area contributed by atoms with Crippen molar-refractivity contribution in [3.63, 3.8) is 0 Å². The van der Waals surface area contributed by atoms with Gasteiger partial charge in [-0.15, -0.1) is 16.8 Å². The Morgan fingerprint density at radius 1 is 1.26 bits per heavy atom. The number of hydrogen-bond acceptors (Lipinski definition) is 4. The monoisotopic (exact) mass is 466 g/mol. The third-order valence-electron chi connectivity index (χ3n) is 4.19. The average molecular weight is 467 g/mol. The molecule has 0 spiro atoms. The van der Waals surface area contributed by atoms with Gasteiger partial charge in [0.1, 0.15) is 0 Å². The smallest absolute Gasteiger partial charge is 0.325 e. The topological polar surface area (TPSA) is 59.8 Å². The van der Waals surface area contributed by atoms with E-state index in [2.05, 4.69) is 22.1 Å². The number of alkyl halides is 3. The molecule has 0 aliphatic heterocycles. The highest BCUT2D eigenvalue weighted by atomic mass is 35.5. The van der Waals surface area contributed by atoms with Crippen molar-refractivity contribution in [1.82, 2.24) is 14.8 Å². The largest absolute Gasteiger partial charge is 0.417 e. The summed E-state index contributed by atoms with van der Waals surface area (Å²) < 4.78 is 40.8. The summed E-state index contributed by atoms with van der Waals surface area (Å²) in [6, 6.07) is 11.0. The zero-order valence-corrected chi connectivity index (χ0v) is 18.0. The lowest BCUT2D eigenvalue weighted by Gasteiger charge is -2.12. The van der Waals surface area contributed by atoms with E-state index in [4.69, 9.17) is 11.6 Å². The zero-order valence-electron chi connectivity index (χ0n) is 16.4. The van der Waals surface area contributed by atoms with E-state index < -0.39 is 22.7 Å². The van der Waals surface area contributed by atoms with E-state index in [0.717, 1.165) is 35.0 Å². The lowest BCUT2D eigenvalue weighted by molar-refractivity contribution is -0.137. The highest BCUT2D eigenvalue weighted by molar-refractivity contribution is 7.99. The van der Waals surface area contributed by atoms with Crippen molar-refractivity contribution in [1.29, 1.82) is 0 Å². The SMILES string of the molecule is C=CCn1c(SCC(=O)Nc2ccc(Cl)c(C(F)(F)F)c2)nnc1-c1cccc(C)c1. The van der Waals surface area contributed by atoms with Crippen LogP contribution in [0.2, 0.25) is 5.02 Å². The molecule has 10 heteroatoms. The molecular formula is C21H18ClF3N4OS. The number of amides is 1. The molecule has 1 heterocycles. The first-order chi connectivity index (χ1) is 14.7. The van der Waals surface area contributed by atoms with Crippen LogP contribution in [0.4, 0.5) is 18.9 Å². The van der Waals surface area contributed by atoms with Gasteiger partial charge in [-0.05, 0) is 31.2 Å². The minimum atomic E-state index is -4.61. The first kappa shape index (κ1) is 22.9. The zero-order chi connectivity index (χ0) is 22.6. The molecule has 0 aliphatic carbocycles. The van der Waals surface area contributed by atoms with Crippen molar-refractivity contribution in [2.45, 2.75) is 24.8 Å². The normalized spacial score (nSPS) is 11.4. The quantitative estimate of drug-likeness (QED) is 0.351. The summed E-state index contributed by atoms with van der Waals surface area (Å²) in [5.74, 6) is 0.0947. The maximum atomic E-state index is 13.0. The van der Waals surface area contributed by atoms with Crippen molar-refractivity contribution >= 4 is 35.0 Å². The number of nitrogens with zero attached hydrogens (tertiary/aromatic N) is 3. The molecule has 1 N–H and O–H groups in total. The summed E-state index contributed by atoms with van der Waals surface area (Å²) >= 11 is 6.73. The highest BCUT2D eigenvalue weighted by Crippen LogP contribution is 2.36. The Bertz CT molecular complexity index is 1110. The number of hydrogen-bond donors (Lipinski definition) is 1. The van der Waals surface area contributed by atoms with E-state index in [1.54, 1.807) is 6.08 Å². The maximum Gasteiger partial charge on any atom is 0.417 e. The van der Waals surface area contributed by atoms with Crippen LogP contribution < -0.4 is 5.32 Å². The maximum absolute atomic E-state index is 13.0. The second kappa shape index (κ2) is 9.57. The molecule has 3 aromatic rings. The van der Waals surface area contributed by atoms with Crippen LogP contribution in [0.5, 0.6) is 0 Å². The van der Waals surface area contributed by atoms with Crippen LogP contribution >= 0.6 is 23.4 Å². The lowest BCUT2D eigenvalue weighted by Crippen LogP contribution is -2.15. The summed E-state index contributed by atoms with van der Waals surface area (Å²) in [5, 5.41) is 10.9. The fraction of sp³-hybridized carbons (Fsp3) is 0.190. The van der Waals surface area contributed by atoms with E-state index in [1.165, 1.54) is 6.07 Å². The van der Waals surface area contributed by atoms with Gasteiger partial charge in [-0.3, -0.25) is 9.36 Å². The molecule has 1 aromatic heterocycles. The van der Waals surface area contributed by atoms with Gasteiger partial charge < -0.3 is 5.32 Å². The Morgan fingerprint density at radius 2 is 2.03 bits per heavy atom. The number of nitrogens with one attached hydrogen (secondary N) is 1. The first-order valence-corrected chi connectivity index (χ1v) is 10.5. The minimum Gasteiger partial charge on any atom is -0.325 e. The standard InChI is InChI=1S/C21H18ClF3N4OS/c1-3-9-29-19(14-6-4-5-13(2)10-14)27-28-20(29)31-12-18(30)26-15-7-8-17(22)16(11-15)21(23,24)25/h3-8,10-11H,1,9,12H2,2H3,(H,26,30). The molecule has 162 valence electrons. The molecule has 0 aliphatic rings.